The van der Waals surface area contributed by atoms with Crippen molar-refractivity contribution >= 4 is 23.2 Å². The molecule has 0 unspecified atom stereocenters. The number of hydrogen-bond acceptors (Lipinski definition) is 4. The van der Waals surface area contributed by atoms with E-state index in [0.29, 0.717) is 5.69 Å². The zero-order valence-corrected chi connectivity index (χ0v) is 13.6. The second-order valence-corrected chi connectivity index (χ2v) is 5.43. The maximum absolute atomic E-state index is 13.2. The molecule has 1 amide bonds. The highest BCUT2D eigenvalue weighted by Crippen LogP contribution is 2.29. The van der Waals surface area contributed by atoms with Crippen molar-refractivity contribution in [3.63, 3.8) is 0 Å². The molecule has 0 saturated heterocycles. The number of rotatable bonds is 4. The van der Waals surface area contributed by atoms with E-state index in [9.17, 15) is 22.4 Å². The molecule has 5 nitrogen and oxygen atoms in total. The highest BCUT2D eigenvalue weighted by atomic mass is 19.4. The molecule has 0 aliphatic heterocycles. The van der Waals surface area contributed by atoms with Gasteiger partial charge in [-0.3, -0.25) is 4.79 Å². The Morgan fingerprint density at radius 2 is 1.70 bits per heavy atom. The summed E-state index contributed by atoms with van der Waals surface area (Å²) in [6, 6.07) is 11.0. The average Bonchev–Trinajstić information content (AvgIpc) is 2.62. The number of hydrogen-bond donors (Lipinski definition) is 2. The predicted octanol–water partition coefficient (Wildman–Crippen LogP) is 4.63. The quantitative estimate of drug-likeness (QED) is 0.652. The lowest BCUT2D eigenvalue weighted by Gasteiger charge is -2.09. The summed E-state index contributed by atoms with van der Waals surface area (Å²) in [5.41, 5.74) is -0.241. The van der Waals surface area contributed by atoms with Crippen molar-refractivity contribution < 1.29 is 22.4 Å². The van der Waals surface area contributed by atoms with Gasteiger partial charge in [0.25, 0.3) is 5.91 Å². The summed E-state index contributed by atoms with van der Waals surface area (Å²) in [6.07, 6.45) is -3.12. The van der Waals surface area contributed by atoms with Gasteiger partial charge >= 0.3 is 6.18 Å². The number of benzene rings is 2. The van der Waals surface area contributed by atoms with E-state index in [4.69, 9.17) is 0 Å². The lowest BCUT2D eigenvalue weighted by atomic mass is 10.2. The average molecular weight is 376 g/mol. The van der Waals surface area contributed by atoms with Crippen molar-refractivity contribution in [3.05, 3.63) is 77.9 Å². The first-order valence-corrected chi connectivity index (χ1v) is 7.65. The summed E-state index contributed by atoms with van der Waals surface area (Å²) in [7, 11) is 0. The van der Waals surface area contributed by atoms with Crippen LogP contribution in [0.4, 0.5) is 34.9 Å². The third kappa shape index (κ3) is 4.78. The molecule has 0 fully saturated rings. The van der Waals surface area contributed by atoms with Gasteiger partial charge in [0.2, 0.25) is 5.95 Å². The fourth-order valence-corrected chi connectivity index (χ4v) is 2.18. The van der Waals surface area contributed by atoms with E-state index in [1.165, 1.54) is 30.5 Å². The van der Waals surface area contributed by atoms with E-state index in [-0.39, 0.29) is 17.3 Å². The maximum Gasteiger partial charge on any atom is 0.416 e. The van der Waals surface area contributed by atoms with Crippen molar-refractivity contribution in [1.29, 1.82) is 0 Å². The van der Waals surface area contributed by atoms with Gasteiger partial charge in [-0.05, 0) is 48.5 Å². The smallest absolute Gasteiger partial charge is 0.324 e. The Kier molecular flexibility index (Phi) is 5.02. The van der Waals surface area contributed by atoms with E-state index < -0.39 is 23.5 Å². The van der Waals surface area contributed by atoms with E-state index in [1.807, 2.05) is 0 Å². The first-order valence-electron chi connectivity index (χ1n) is 7.65. The van der Waals surface area contributed by atoms with E-state index in [0.717, 1.165) is 24.3 Å². The Hall–Kier alpha value is -3.49. The molecule has 1 aromatic heterocycles. The summed E-state index contributed by atoms with van der Waals surface area (Å²) < 4.78 is 50.9. The van der Waals surface area contributed by atoms with Gasteiger partial charge in [-0.25, -0.2) is 14.4 Å². The molecule has 0 atom stereocenters. The molecule has 2 aromatic carbocycles. The third-order valence-corrected chi connectivity index (χ3v) is 3.44. The lowest BCUT2D eigenvalue weighted by Crippen LogP contribution is -2.15. The number of amides is 1. The molecule has 0 aliphatic carbocycles. The van der Waals surface area contributed by atoms with Crippen LogP contribution in [0.5, 0.6) is 0 Å². The Labute approximate surface area is 151 Å². The summed E-state index contributed by atoms with van der Waals surface area (Å²) in [6.45, 7) is 0. The van der Waals surface area contributed by atoms with Crippen LogP contribution >= 0.6 is 0 Å². The van der Waals surface area contributed by atoms with Gasteiger partial charge in [-0.1, -0.05) is 6.07 Å². The molecule has 2 N–H and O–H groups in total. The molecular weight excluding hydrogens is 364 g/mol. The van der Waals surface area contributed by atoms with E-state index in [1.54, 1.807) is 6.07 Å². The van der Waals surface area contributed by atoms with E-state index in [2.05, 4.69) is 20.6 Å². The SMILES string of the molecule is O=C(Nc1ccc(C(F)(F)F)cc1)c1ccnc(Nc2cccc(F)c2)n1. The molecule has 1 heterocycles. The van der Waals surface area contributed by atoms with Crippen molar-refractivity contribution in [2.75, 3.05) is 10.6 Å². The van der Waals surface area contributed by atoms with Gasteiger partial charge in [0, 0.05) is 17.6 Å². The minimum absolute atomic E-state index is 0.0104. The zero-order valence-electron chi connectivity index (χ0n) is 13.6. The van der Waals surface area contributed by atoms with Crippen LogP contribution in [0.2, 0.25) is 0 Å². The highest BCUT2D eigenvalue weighted by Gasteiger charge is 2.30. The summed E-state index contributed by atoms with van der Waals surface area (Å²) in [5.74, 6) is -1.00. The number of carbonyl (C=O) groups is 1. The topological polar surface area (TPSA) is 66.9 Å². The fraction of sp³-hybridized carbons (Fsp3) is 0.0556. The molecule has 9 heteroatoms. The number of nitrogens with one attached hydrogen (secondary N) is 2. The van der Waals surface area contributed by atoms with Gasteiger partial charge in [0.1, 0.15) is 11.5 Å². The largest absolute Gasteiger partial charge is 0.416 e. The highest BCUT2D eigenvalue weighted by molar-refractivity contribution is 6.03. The lowest BCUT2D eigenvalue weighted by molar-refractivity contribution is -0.137. The Balaban J connectivity index is 1.72. The maximum atomic E-state index is 13.2. The second-order valence-electron chi connectivity index (χ2n) is 5.43. The number of halogens is 4. The first-order chi connectivity index (χ1) is 12.8. The summed E-state index contributed by atoms with van der Waals surface area (Å²) >= 11 is 0. The Bertz CT molecular complexity index is 958. The van der Waals surface area contributed by atoms with Crippen LogP contribution in [0.3, 0.4) is 0 Å². The normalized spacial score (nSPS) is 11.1. The molecule has 3 rings (SSSR count). The van der Waals surface area contributed by atoms with Crippen molar-refractivity contribution in [2.24, 2.45) is 0 Å². The minimum Gasteiger partial charge on any atom is -0.324 e. The number of alkyl halides is 3. The Morgan fingerprint density at radius 1 is 0.963 bits per heavy atom. The molecule has 0 aliphatic rings. The van der Waals surface area contributed by atoms with E-state index >= 15 is 0 Å². The van der Waals surface area contributed by atoms with Gasteiger partial charge in [-0.2, -0.15) is 13.2 Å². The summed E-state index contributed by atoms with van der Waals surface area (Å²) in [4.78, 5) is 20.2. The molecule has 0 spiro atoms. The van der Waals surface area contributed by atoms with Gasteiger partial charge in [0.05, 0.1) is 5.56 Å². The molecular formula is C18H12F4N4O. The standard InChI is InChI=1S/C18H12F4N4O/c19-12-2-1-3-14(10-12)25-17-23-9-8-15(26-17)16(27)24-13-6-4-11(5-7-13)18(20,21)22/h1-10H,(H,24,27)(H,23,25,26). The van der Waals surface area contributed by atoms with Crippen molar-refractivity contribution in [3.8, 4) is 0 Å². The number of carbonyl (C=O) groups excluding carboxylic acids is 1. The van der Waals surface area contributed by atoms with Gasteiger partial charge in [-0.15, -0.1) is 0 Å². The number of nitrogens with zero attached hydrogens (tertiary/aromatic N) is 2. The van der Waals surface area contributed by atoms with Crippen LogP contribution in [0.15, 0.2) is 60.8 Å². The monoisotopic (exact) mass is 376 g/mol. The zero-order chi connectivity index (χ0) is 19.4. The van der Waals surface area contributed by atoms with Crippen molar-refractivity contribution in [1.82, 2.24) is 9.97 Å². The minimum atomic E-state index is -4.45. The molecule has 0 radical (unpaired) electrons. The van der Waals surface area contributed by atoms with Crippen LogP contribution in [-0.4, -0.2) is 15.9 Å². The van der Waals surface area contributed by atoms with Crippen LogP contribution in [-0.2, 0) is 6.18 Å². The molecule has 0 bridgehead atoms. The van der Waals surface area contributed by atoms with Crippen molar-refractivity contribution in [2.45, 2.75) is 6.18 Å². The first kappa shape index (κ1) is 18.3. The van der Waals surface area contributed by atoms with Gasteiger partial charge in [0.15, 0.2) is 0 Å². The molecule has 138 valence electrons. The predicted molar refractivity (Wildman–Crippen MR) is 91.1 cm³/mol. The molecule has 0 saturated carbocycles. The number of anilines is 3. The summed E-state index contributed by atoms with van der Waals surface area (Å²) in [5, 5.41) is 5.21. The van der Waals surface area contributed by atoms with Crippen LogP contribution in [0.1, 0.15) is 16.1 Å². The Morgan fingerprint density at radius 3 is 2.37 bits per heavy atom. The molecule has 27 heavy (non-hydrogen) atoms. The van der Waals surface area contributed by atoms with Crippen LogP contribution < -0.4 is 10.6 Å². The van der Waals surface area contributed by atoms with Gasteiger partial charge < -0.3 is 10.6 Å². The third-order valence-electron chi connectivity index (χ3n) is 3.44. The molecule has 3 aromatic rings. The number of aromatic nitrogens is 2. The fourth-order valence-electron chi connectivity index (χ4n) is 2.18. The second kappa shape index (κ2) is 7.40. The van der Waals surface area contributed by atoms with Crippen LogP contribution in [0, 0.1) is 5.82 Å². The van der Waals surface area contributed by atoms with Crippen LogP contribution in [0.25, 0.3) is 0 Å².